The summed E-state index contributed by atoms with van der Waals surface area (Å²) in [5.41, 5.74) is 0. The number of carboxylic acid groups (broad SMARTS) is 1. The van der Waals surface area contributed by atoms with Gasteiger partial charge in [0.25, 0.3) is 0 Å². The highest BCUT2D eigenvalue weighted by Gasteiger charge is 2.16. The first-order valence-corrected chi connectivity index (χ1v) is 5.43. The molecule has 1 N–H and O–H groups in total. The van der Waals surface area contributed by atoms with Crippen LogP contribution in [0.2, 0.25) is 0 Å². The van der Waals surface area contributed by atoms with Crippen molar-refractivity contribution in [1.82, 2.24) is 0 Å². The average Bonchev–Trinajstić information content (AvgIpc) is 2.56. The van der Waals surface area contributed by atoms with Gasteiger partial charge < -0.3 is 5.11 Å². The Hall–Kier alpha value is -0.530. The fourth-order valence-corrected chi connectivity index (χ4v) is 2.14. The van der Waals surface area contributed by atoms with Crippen molar-refractivity contribution in [3.05, 3.63) is 0 Å². The molecule has 1 saturated carbocycles. The lowest BCUT2D eigenvalue weighted by atomic mass is 9.97. The fraction of sp³-hybridized carbons (Fsp3) is 0.909. The Bertz CT molecular complexity index is 159. The van der Waals surface area contributed by atoms with E-state index in [9.17, 15) is 4.79 Å². The predicted molar refractivity (Wildman–Crippen MR) is 52.6 cm³/mol. The Kier molecular flexibility index (Phi) is 4.26. The molecule has 1 fully saturated rings. The van der Waals surface area contributed by atoms with Crippen LogP contribution in [-0.2, 0) is 4.79 Å². The van der Waals surface area contributed by atoms with E-state index in [4.69, 9.17) is 5.11 Å². The Labute approximate surface area is 80.3 Å². The van der Waals surface area contributed by atoms with E-state index in [1.54, 1.807) is 6.92 Å². The molecule has 76 valence electrons. The van der Waals surface area contributed by atoms with E-state index in [1.807, 2.05) is 0 Å². The number of hydrogen-bond donors (Lipinski definition) is 1. The van der Waals surface area contributed by atoms with Crippen LogP contribution in [0.1, 0.15) is 51.9 Å². The quantitative estimate of drug-likeness (QED) is 0.713. The zero-order chi connectivity index (χ0) is 9.68. The van der Waals surface area contributed by atoms with Gasteiger partial charge in [0.15, 0.2) is 0 Å². The summed E-state index contributed by atoms with van der Waals surface area (Å²) in [4.78, 5) is 10.5. The number of carboxylic acids is 1. The molecule has 0 bridgehead atoms. The van der Waals surface area contributed by atoms with Gasteiger partial charge in [0.2, 0.25) is 0 Å². The van der Waals surface area contributed by atoms with Crippen molar-refractivity contribution in [2.45, 2.75) is 51.9 Å². The molecule has 1 aliphatic carbocycles. The summed E-state index contributed by atoms with van der Waals surface area (Å²) in [6, 6.07) is 0. The van der Waals surface area contributed by atoms with E-state index in [2.05, 4.69) is 0 Å². The largest absolute Gasteiger partial charge is 0.481 e. The third-order valence-corrected chi connectivity index (χ3v) is 3.15. The molecular weight excluding hydrogens is 164 g/mol. The second kappa shape index (κ2) is 5.25. The Morgan fingerprint density at radius 3 is 2.62 bits per heavy atom. The standard InChI is InChI=1S/C11H20O2/c1-9(11(12)13)5-4-8-10-6-2-3-7-10/h9-10H,2-8H2,1H3,(H,12,13). The third kappa shape index (κ3) is 3.79. The monoisotopic (exact) mass is 184 g/mol. The van der Waals surface area contributed by atoms with Crippen molar-refractivity contribution in [2.24, 2.45) is 11.8 Å². The Balaban J connectivity index is 2.02. The van der Waals surface area contributed by atoms with E-state index >= 15 is 0 Å². The van der Waals surface area contributed by atoms with Crippen molar-refractivity contribution in [3.63, 3.8) is 0 Å². The molecule has 0 aromatic carbocycles. The van der Waals surface area contributed by atoms with E-state index in [0.717, 1.165) is 18.8 Å². The van der Waals surface area contributed by atoms with Gasteiger partial charge in [-0.1, -0.05) is 45.4 Å². The number of aliphatic carboxylic acids is 1. The van der Waals surface area contributed by atoms with Gasteiger partial charge in [-0.2, -0.15) is 0 Å². The maximum absolute atomic E-state index is 10.5. The molecule has 0 heterocycles. The molecule has 1 aliphatic rings. The van der Waals surface area contributed by atoms with Crippen LogP contribution in [0, 0.1) is 11.8 Å². The second-order valence-corrected chi connectivity index (χ2v) is 4.32. The van der Waals surface area contributed by atoms with Crippen LogP contribution >= 0.6 is 0 Å². The van der Waals surface area contributed by atoms with E-state index in [1.165, 1.54) is 32.1 Å². The Morgan fingerprint density at radius 1 is 1.46 bits per heavy atom. The van der Waals surface area contributed by atoms with Crippen LogP contribution in [-0.4, -0.2) is 11.1 Å². The highest BCUT2D eigenvalue weighted by atomic mass is 16.4. The van der Waals surface area contributed by atoms with Crippen molar-refractivity contribution in [2.75, 3.05) is 0 Å². The van der Waals surface area contributed by atoms with Gasteiger partial charge in [0.1, 0.15) is 0 Å². The highest BCUT2D eigenvalue weighted by Crippen LogP contribution is 2.29. The van der Waals surface area contributed by atoms with Gasteiger partial charge >= 0.3 is 5.97 Å². The molecule has 1 unspecified atom stereocenters. The Morgan fingerprint density at radius 2 is 2.08 bits per heavy atom. The maximum Gasteiger partial charge on any atom is 0.306 e. The molecule has 13 heavy (non-hydrogen) atoms. The summed E-state index contributed by atoms with van der Waals surface area (Å²) >= 11 is 0. The van der Waals surface area contributed by atoms with Crippen LogP contribution in [0.5, 0.6) is 0 Å². The van der Waals surface area contributed by atoms with Gasteiger partial charge in [0, 0.05) is 0 Å². The minimum atomic E-state index is -0.647. The fourth-order valence-electron chi connectivity index (χ4n) is 2.14. The molecule has 0 radical (unpaired) electrons. The average molecular weight is 184 g/mol. The second-order valence-electron chi connectivity index (χ2n) is 4.32. The summed E-state index contributed by atoms with van der Waals surface area (Å²) in [5.74, 6) is 0.105. The van der Waals surface area contributed by atoms with Crippen molar-refractivity contribution >= 4 is 5.97 Å². The van der Waals surface area contributed by atoms with Gasteiger partial charge in [-0.15, -0.1) is 0 Å². The van der Waals surface area contributed by atoms with Gasteiger partial charge in [-0.25, -0.2) is 0 Å². The maximum atomic E-state index is 10.5. The predicted octanol–water partition coefficient (Wildman–Crippen LogP) is 3.07. The van der Waals surface area contributed by atoms with Crippen LogP contribution in [0.25, 0.3) is 0 Å². The number of rotatable bonds is 5. The summed E-state index contributed by atoms with van der Waals surface area (Å²) < 4.78 is 0. The zero-order valence-electron chi connectivity index (χ0n) is 8.46. The SMILES string of the molecule is CC(CCCC1CCCC1)C(=O)O. The summed E-state index contributed by atoms with van der Waals surface area (Å²) in [7, 11) is 0. The normalized spacial score (nSPS) is 20.4. The van der Waals surface area contributed by atoms with Gasteiger partial charge in [-0.05, 0) is 12.3 Å². The van der Waals surface area contributed by atoms with Crippen LogP contribution in [0.4, 0.5) is 0 Å². The van der Waals surface area contributed by atoms with Gasteiger partial charge in [0.05, 0.1) is 5.92 Å². The summed E-state index contributed by atoms with van der Waals surface area (Å²) in [6.07, 6.45) is 8.72. The van der Waals surface area contributed by atoms with Crippen LogP contribution < -0.4 is 0 Å². The van der Waals surface area contributed by atoms with Crippen LogP contribution in [0.15, 0.2) is 0 Å². The van der Waals surface area contributed by atoms with E-state index < -0.39 is 5.97 Å². The van der Waals surface area contributed by atoms with Crippen LogP contribution in [0.3, 0.4) is 0 Å². The lowest BCUT2D eigenvalue weighted by molar-refractivity contribution is -0.141. The molecular formula is C11H20O2. The molecule has 1 rings (SSSR count). The first kappa shape index (κ1) is 10.6. The third-order valence-electron chi connectivity index (χ3n) is 3.15. The molecule has 0 amide bonds. The molecule has 2 heteroatoms. The molecule has 0 aromatic heterocycles. The number of carbonyl (C=O) groups is 1. The molecule has 0 aliphatic heterocycles. The lowest BCUT2D eigenvalue weighted by Crippen LogP contribution is -2.09. The van der Waals surface area contributed by atoms with E-state index in [-0.39, 0.29) is 5.92 Å². The van der Waals surface area contributed by atoms with Crippen molar-refractivity contribution < 1.29 is 9.90 Å². The molecule has 0 saturated heterocycles. The van der Waals surface area contributed by atoms with Crippen molar-refractivity contribution in [3.8, 4) is 0 Å². The molecule has 2 nitrogen and oxygen atoms in total. The smallest absolute Gasteiger partial charge is 0.306 e. The van der Waals surface area contributed by atoms with Gasteiger partial charge in [-0.3, -0.25) is 4.79 Å². The minimum absolute atomic E-state index is 0.151. The van der Waals surface area contributed by atoms with E-state index in [0.29, 0.717) is 0 Å². The van der Waals surface area contributed by atoms with Crippen molar-refractivity contribution in [1.29, 1.82) is 0 Å². The summed E-state index contributed by atoms with van der Waals surface area (Å²) in [5, 5.41) is 8.67. The lowest BCUT2D eigenvalue weighted by Gasteiger charge is -2.09. The molecule has 0 spiro atoms. The minimum Gasteiger partial charge on any atom is -0.481 e. The molecule has 0 aromatic rings. The zero-order valence-corrected chi connectivity index (χ0v) is 8.46. The first-order chi connectivity index (χ1) is 6.20. The summed E-state index contributed by atoms with van der Waals surface area (Å²) in [6.45, 7) is 1.80. The molecule has 1 atom stereocenters. The first-order valence-electron chi connectivity index (χ1n) is 5.43. The number of hydrogen-bond acceptors (Lipinski definition) is 1. The topological polar surface area (TPSA) is 37.3 Å². The highest BCUT2D eigenvalue weighted by molar-refractivity contribution is 5.69.